The molecule has 1 aromatic carbocycles. The van der Waals surface area contributed by atoms with Gasteiger partial charge < -0.3 is 9.84 Å². The number of phenols is 1. The van der Waals surface area contributed by atoms with E-state index in [-0.39, 0.29) is 17.0 Å². The lowest BCUT2D eigenvalue weighted by Gasteiger charge is -2.20. The van der Waals surface area contributed by atoms with Gasteiger partial charge >= 0.3 is 6.09 Å². The molecule has 0 aliphatic rings. The minimum atomic E-state index is -0.706. The van der Waals surface area contributed by atoms with E-state index in [1.54, 1.807) is 20.8 Å². The molecule has 0 bridgehead atoms. The van der Waals surface area contributed by atoms with Crippen molar-refractivity contribution in [3.8, 4) is 5.75 Å². The molecule has 19 heavy (non-hydrogen) atoms. The highest BCUT2D eigenvalue weighted by Gasteiger charge is 2.18. The first-order chi connectivity index (χ1) is 8.67. The number of hydrogen-bond donors (Lipinski definition) is 2. The first kappa shape index (κ1) is 14.7. The van der Waals surface area contributed by atoms with Crippen molar-refractivity contribution in [2.75, 3.05) is 5.32 Å². The zero-order valence-corrected chi connectivity index (χ0v) is 11.0. The first-order valence-corrected chi connectivity index (χ1v) is 5.61. The molecule has 1 rings (SSSR count). The van der Waals surface area contributed by atoms with E-state index in [0.29, 0.717) is 0 Å². The summed E-state index contributed by atoms with van der Waals surface area (Å²) in [6, 6.07) is 3.95. The van der Waals surface area contributed by atoms with Gasteiger partial charge in [-0.2, -0.15) is 0 Å². The van der Waals surface area contributed by atoms with Crippen molar-refractivity contribution in [3.63, 3.8) is 0 Å². The lowest BCUT2D eigenvalue weighted by molar-refractivity contribution is -0.496. The summed E-state index contributed by atoms with van der Waals surface area (Å²) < 4.78 is 5.05. The van der Waals surface area contributed by atoms with Crippen molar-refractivity contribution >= 4 is 11.8 Å². The summed E-state index contributed by atoms with van der Waals surface area (Å²) in [6.07, 6.45) is -0.706. The van der Waals surface area contributed by atoms with E-state index >= 15 is 0 Å². The van der Waals surface area contributed by atoms with Gasteiger partial charge in [0.25, 0.3) is 0 Å². The van der Waals surface area contributed by atoms with Crippen LogP contribution in [-0.2, 0) is 11.3 Å². The minimum Gasteiger partial charge on any atom is -0.508 e. The Morgan fingerprint density at radius 2 is 2.11 bits per heavy atom. The third kappa shape index (κ3) is 5.24. The molecule has 0 radical (unpaired) electrons. The van der Waals surface area contributed by atoms with E-state index < -0.39 is 23.2 Å². The highest BCUT2D eigenvalue weighted by molar-refractivity contribution is 5.86. The lowest BCUT2D eigenvalue weighted by atomic mass is 10.1. The van der Waals surface area contributed by atoms with Crippen LogP contribution in [-0.4, -0.2) is 21.7 Å². The number of hydrogen-bond acceptors (Lipinski definition) is 5. The van der Waals surface area contributed by atoms with Crippen molar-refractivity contribution in [3.05, 3.63) is 33.9 Å². The van der Waals surface area contributed by atoms with Gasteiger partial charge in [0.15, 0.2) is 0 Å². The van der Waals surface area contributed by atoms with Crippen LogP contribution >= 0.6 is 0 Å². The summed E-state index contributed by atoms with van der Waals surface area (Å²) in [4.78, 5) is 21.6. The molecule has 1 amide bonds. The van der Waals surface area contributed by atoms with E-state index in [0.717, 1.165) is 0 Å². The van der Waals surface area contributed by atoms with Crippen LogP contribution in [0, 0.1) is 10.1 Å². The Morgan fingerprint density at radius 3 is 2.63 bits per heavy atom. The van der Waals surface area contributed by atoms with Gasteiger partial charge in [-0.3, -0.25) is 15.4 Å². The number of anilines is 1. The average molecular weight is 268 g/mol. The fourth-order valence-electron chi connectivity index (χ4n) is 1.39. The standard InChI is InChI=1S/C12H16N2O5/c1-12(2,3)19-11(16)13-10-5-4-9(15)6-8(10)7-14(17)18/h4-6,15H,7H2,1-3H3,(H,13,16). The molecule has 1 aromatic rings. The molecule has 7 heteroatoms. The van der Waals surface area contributed by atoms with E-state index in [1.807, 2.05) is 0 Å². The molecule has 0 saturated carbocycles. The summed E-state index contributed by atoms with van der Waals surface area (Å²) >= 11 is 0. The van der Waals surface area contributed by atoms with Crippen LogP contribution in [0.1, 0.15) is 26.3 Å². The third-order valence-corrected chi connectivity index (χ3v) is 2.02. The molecule has 0 fully saturated rings. The Labute approximate surface area is 110 Å². The molecular weight excluding hydrogens is 252 g/mol. The number of phenolic OH excluding ortho intramolecular Hbond substituents is 1. The largest absolute Gasteiger partial charge is 0.508 e. The fraction of sp³-hybridized carbons (Fsp3) is 0.417. The molecule has 0 aliphatic heterocycles. The number of aromatic hydroxyl groups is 1. The molecule has 0 spiro atoms. The number of carbonyl (C=O) groups excluding carboxylic acids is 1. The van der Waals surface area contributed by atoms with Gasteiger partial charge in [0.05, 0.1) is 5.69 Å². The topological polar surface area (TPSA) is 102 Å². The van der Waals surface area contributed by atoms with Crippen LogP contribution < -0.4 is 5.32 Å². The van der Waals surface area contributed by atoms with Crippen LogP contribution in [0.5, 0.6) is 5.75 Å². The maximum absolute atomic E-state index is 11.6. The minimum absolute atomic E-state index is 0.105. The molecular formula is C12H16N2O5. The predicted octanol–water partition coefficient (Wildman–Crippen LogP) is 2.52. The molecule has 0 heterocycles. The Morgan fingerprint density at radius 1 is 1.47 bits per heavy atom. The molecule has 0 unspecified atom stereocenters. The smallest absolute Gasteiger partial charge is 0.412 e. The fourth-order valence-corrected chi connectivity index (χ4v) is 1.39. The quantitative estimate of drug-likeness (QED) is 0.498. The van der Waals surface area contributed by atoms with E-state index in [4.69, 9.17) is 4.74 Å². The SMILES string of the molecule is CC(C)(C)OC(=O)Nc1ccc(O)cc1C[N+](=O)[O-]. The first-order valence-electron chi connectivity index (χ1n) is 5.61. The molecule has 0 saturated heterocycles. The number of rotatable bonds is 3. The van der Waals surface area contributed by atoms with Crippen molar-refractivity contribution in [1.82, 2.24) is 0 Å². The average Bonchev–Trinajstić information content (AvgIpc) is 2.18. The molecule has 0 atom stereocenters. The summed E-state index contributed by atoms with van der Waals surface area (Å²) in [5.41, 5.74) is -0.218. The molecule has 104 valence electrons. The van der Waals surface area contributed by atoms with Crippen molar-refractivity contribution < 1.29 is 19.6 Å². The molecule has 0 aromatic heterocycles. The third-order valence-electron chi connectivity index (χ3n) is 2.02. The van der Waals surface area contributed by atoms with E-state index in [1.165, 1.54) is 18.2 Å². The van der Waals surface area contributed by atoms with Gasteiger partial charge in [-0.25, -0.2) is 4.79 Å². The zero-order valence-electron chi connectivity index (χ0n) is 11.0. The number of amides is 1. The van der Waals surface area contributed by atoms with Crippen LogP contribution in [0.4, 0.5) is 10.5 Å². The highest BCUT2D eigenvalue weighted by atomic mass is 16.6. The number of carbonyl (C=O) groups is 1. The van der Waals surface area contributed by atoms with Crippen LogP contribution in [0.2, 0.25) is 0 Å². The zero-order chi connectivity index (χ0) is 14.6. The summed E-state index contributed by atoms with van der Waals surface area (Å²) in [7, 11) is 0. The maximum atomic E-state index is 11.6. The predicted molar refractivity (Wildman–Crippen MR) is 68.7 cm³/mol. The number of ether oxygens (including phenoxy) is 1. The van der Waals surface area contributed by atoms with Crippen LogP contribution in [0.15, 0.2) is 18.2 Å². The normalized spacial score (nSPS) is 10.9. The number of benzene rings is 1. The Hall–Kier alpha value is -2.31. The summed E-state index contributed by atoms with van der Waals surface area (Å²) in [5, 5.41) is 22.3. The second kappa shape index (κ2) is 5.55. The van der Waals surface area contributed by atoms with Gasteiger partial charge in [0.2, 0.25) is 6.54 Å². The van der Waals surface area contributed by atoms with Crippen molar-refractivity contribution in [2.45, 2.75) is 32.9 Å². The van der Waals surface area contributed by atoms with E-state index in [9.17, 15) is 20.0 Å². The second-order valence-corrected chi connectivity index (χ2v) is 4.96. The van der Waals surface area contributed by atoms with Crippen molar-refractivity contribution in [2.24, 2.45) is 0 Å². The van der Waals surface area contributed by atoms with Gasteiger partial charge in [0.1, 0.15) is 11.4 Å². The molecule has 7 nitrogen and oxygen atoms in total. The Balaban J connectivity index is 2.88. The van der Waals surface area contributed by atoms with Gasteiger partial charge in [0, 0.05) is 10.5 Å². The Kier molecular flexibility index (Phi) is 4.31. The molecule has 0 aliphatic carbocycles. The number of nitro groups is 1. The second-order valence-electron chi connectivity index (χ2n) is 4.96. The number of nitrogens with zero attached hydrogens (tertiary/aromatic N) is 1. The summed E-state index contributed by atoms with van der Waals surface area (Å²) in [6.45, 7) is 4.63. The van der Waals surface area contributed by atoms with Crippen molar-refractivity contribution in [1.29, 1.82) is 0 Å². The van der Waals surface area contributed by atoms with Gasteiger partial charge in [-0.05, 0) is 39.0 Å². The summed E-state index contributed by atoms with van der Waals surface area (Å²) in [5.74, 6) is -0.105. The van der Waals surface area contributed by atoms with Gasteiger partial charge in [-0.15, -0.1) is 0 Å². The van der Waals surface area contributed by atoms with Gasteiger partial charge in [-0.1, -0.05) is 0 Å². The number of nitrogens with one attached hydrogen (secondary N) is 1. The van der Waals surface area contributed by atoms with Crippen LogP contribution in [0.3, 0.4) is 0 Å². The highest BCUT2D eigenvalue weighted by Crippen LogP contribution is 2.22. The maximum Gasteiger partial charge on any atom is 0.412 e. The lowest BCUT2D eigenvalue weighted by Crippen LogP contribution is -2.27. The Bertz CT molecular complexity index is 493. The monoisotopic (exact) mass is 268 g/mol. The van der Waals surface area contributed by atoms with E-state index in [2.05, 4.69) is 5.32 Å². The molecule has 2 N–H and O–H groups in total. The van der Waals surface area contributed by atoms with Crippen LogP contribution in [0.25, 0.3) is 0 Å².